The summed E-state index contributed by atoms with van der Waals surface area (Å²) in [6.07, 6.45) is 1.36. The third-order valence-corrected chi connectivity index (χ3v) is 3.09. The van der Waals surface area contributed by atoms with Crippen LogP contribution < -0.4 is 10.1 Å². The second-order valence-corrected chi connectivity index (χ2v) is 4.87. The molecule has 0 saturated heterocycles. The van der Waals surface area contributed by atoms with E-state index >= 15 is 0 Å². The fourth-order valence-corrected chi connectivity index (χ4v) is 1.78. The van der Waals surface area contributed by atoms with Crippen molar-refractivity contribution in [3.8, 4) is 5.75 Å². The Balaban J connectivity index is 1.84. The Morgan fingerprint density at radius 1 is 1.04 bits per heavy atom. The molecule has 0 radical (unpaired) electrons. The zero-order chi connectivity index (χ0) is 17.5. The van der Waals surface area contributed by atoms with Crippen molar-refractivity contribution in [3.05, 3.63) is 59.4 Å². The molecule has 1 aromatic heterocycles. The molecule has 2 aromatic rings. The fraction of sp³-hybridized carbons (Fsp3) is 0.176. The number of aromatic nitrogens is 1. The van der Waals surface area contributed by atoms with Crippen molar-refractivity contribution < 1.29 is 23.9 Å². The van der Waals surface area contributed by atoms with E-state index < -0.39 is 24.4 Å². The first-order valence-corrected chi connectivity index (χ1v) is 7.07. The molecule has 1 aromatic carbocycles. The SMILES string of the molecule is COc1ccc(C(=O)NC(=O)COC(=O)c2ccc(C)nc2)cc1. The normalized spacial score (nSPS) is 9.92. The van der Waals surface area contributed by atoms with Crippen LogP contribution in [0.2, 0.25) is 0 Å². The van der Waals surface area contributed by atoms with Gasteiger partial charge >= 0.3 is 5.97 Å². The lowest BCUT2D eigenvalue weighted by Gasteiger charge is -2.06. The number of esters is 1. The van der Waals surface area contributed by atoms with Crippen molar-refractivity contribution >= 4 is 17.8 Å². The van der Waals surface area contributed by atoms with Crippen LogP contribution >= 0.6 is 0 Å². The molecular weight excluding hydrogens is 312 g/mol. The molecule has 0 atom stereocenters. The highest BCUT2D eigenvalue weighted by atomic mass is 16.5. The van der Waals surface area contributed by atoms with E-state index in [9.17, 15) is 14.4 Å². The summed E-state index contributed by atoms with van der Waals surface area (Å²) < 4.78 is 9.82. The molecule has 124 valence electrons. The van der Waals surface area contributed by atoms with Crippen molar-refractivity contribution in [2.75, 3.05) is 13.7 Å². The molecule has 0 aliphatic carbocycles. The van der Waals surface area contributed by atoms with Gasteiger partial charge in [-0.2, -0.15) is 0 Å². The summed E-state index contributed by atoms with van der Waals surface area (Å²) in [6, 6.07) is 9.44. The van der Waals surface area contributed by atoms with Crippen molar-refractivity contribution in [1.29, 1.82) is 0 Å². The predicted octanol–water partition coefficient (Wildman–Crippen LogP) is 1.51. The molecule has 0 aliphatic rings. The molecule has 0 unspecified atom stereocenters. The van der Waals surface area contributed by atoms with Gasteiger partial charge < -0.3 is 9.47 Å². The van der Waals surface area contributed by atoms with Gasteiger partial charge in [-0.15, -0.1) is 0 Å². The van der Waals surface area contributed by atoms with Gasteiger partial charge in [-0.05, 0) is 43.3 Å². The number of benzene rings is 1. The summed E-state index contributed by atoms with van der Waals surface area (Å²) in [5.41, 5.74) is 1.28. The van der Waals surface area contributed by atoms with Gasteiger partial charge in [-0.3, -0.25) is 19.9 Å². The Hall–Kier alpha value is -3.22. The topological polar surface area (TPSA) is 94.6 Å². The van der Waals surface area contributed by atoms with E-state index in [0.29, 0.717) is 11.3 Å². The van der Waals surface area contributed by atoms with E-state index in [-0.39, 0.29) is 5.56 Å². The summed E-state index contributed by atoms with van der Waals surface area (Å²) in [7, 11) is 1.51. The molecule has 0 fully saturated rings. The Bertz CT molecular complexity index is 739. The first kappa shape index (κ1) is 17.1. The maximum Gasteiger partial charge on any atom is 0.340 e. The Morgan fingerprint density at radius 3 is 2.29 bits per heavy atom. The Kier molecular flexibility index (Phi) is 5.62. The molecule has 0 bridgehead atoms. The minimum Gasteiger partial charge on any atom is -0.497 e. The standard InChI is InChI=1S/C17H16N2O5/c1-11-3-4-13(9-18-11)17(22)24-10-15(20)19-16(21)12-5-7-14(23-2)8-6-12/h3-9H,10H2,1-2H3,(H,19,20,21). The zero-order valence-electron chi connectivity index (χ0n) is 13.2. The predicted molar refractivity (Wildman–Crippen MR) is 84.7 cm³/mol. The van der Waals surface area contributed by atoms with Gasteiger partial charge in [0.1, 0.15) is 5.75 Å². The number of aryl methyl sites for hydroxylation is 1. The maximum absolute atomic E-state index is 11.9. The molecule has 0 saturated carbocycles. The lowest BCUT2D eigenvalue weighted by atomic mass is 10.2. The highest BCUT2D eigenvalue weighted by Crippen LogP contribution is 2.11. The fourth-order valence-electron chi connectivity index (χ4n) is 1.78. The molecule has 2 amide bonds. The number of ether oxygens (including phenoxy) is 2. The van der Waals surface area contributed by atoms with Crippen molar-refractivity contribution in [2.45, 2.75) is 6.92 Å². The van der Waals surface area contributed by atoms with Gasteiger partial charge in [0.05, 0.1) is 12.7 Å². The number of carbonyl (C=O) groups excluding carboxylic acids is 3. The minimum absolute atomic E-state index is 0.231. The summed E-state index contributed by atoms with van der Waals surface area (Å²) in [4.78, 5) is 39.3. The van der Waals surface area contributed by atoms with E-state index in [1.165, 1.54) is 25.4 Å². The number of rotatable bonds is 5. The molecule has 1 heterocycles. The summed E-state index contributed by atoms with van der Waals surface area (Å²) >= 11 is 0. The molecular formula is C17H16N2O5. The maximum atomic E-state index is 11.9. The number of imide groups is 1. The van der Waals surface area contributed by atoms with Crippen LogP contribution in [0.15, 0.2) is 42.6 Å². The summed E-state index contributed by atoms with van der Waals surface area (Å²) in [5, 5.41) is 2.14. The number of hydrogen-bond donors (Lipinski definition) is 1. The van der Waals surface area contributed by atoms with Crippen LogP contribution in [0.1, 0.15) is 26.4 Å². The molecule has 7 nitrogen and oxygen atoms in total. The summed E-state index contributed by atoms with van der Waals surface area (Å²) in [6.45, 7) is 1.22. The van der Waals surface area contributed by atoms with Gasteiger partial charge in [-0.25, -0.2) is 4.79 Å². The average molecular weight is 328 g/mol. The lowest BCUT2D eigenvalue weighted by molar-refractivity contribution is -0.123. The van der Waals surface area contributed by atoms with Gasteiger partial charge in [0, 0.05) is 17.5 Å². The number of hydrogen-bond acceptors (Lipinski definition) is 6. The first-order chi connectivity index (χ1) is 11.5. The highest BCUT2D eigenvalue weighted by Gasteiger charge is 2.14. The van der Waals surface area contributed by atoms with Crippen LogP contribution in [0.4, 0.5) is 0 Å². The number of pyridine rings is 1. The van der Waals surface area contributed by atoms with Gasteiger partial charge in [-0.1, -0.05) is 0 Å². The monoisotopic (exact) mass is 328 g/mol. The third kappa shape index (κ3) is 4.64. The van der Waals surface area contributed by atoms with Crippen LogP contribution in [0.5, 0.6) is 5.75 Å². The van der Waals surface area contributed by atoms with E-state index in [0.717, 1.165) is 5.69 Å². The van der Waals surface area contributed by atoms with Gasteiger partial charge in [0.2, 0.25) is 0 Å². The van der Waals surface area contributed by atoms with Crippen LogP contribution in [-0.4, -0.2) is 36.5 Å². The van der Waals surface area contributed by atoms with E-state index in [1.807, 2.05) is 0 Å². The van der Waals surface area contributed by atoms with Crippen LogP contribution in [0.3, 0.4) is 0 Å². The first-order valence-electron chi connectivity index (χ1n) is 7.07. The van der Waals surface area contributed by atoms with Crippen molar-refractivity contribution in [3.63, 3.8) is 0 Å². The second kappa shape index (κ2) is 7.87. The molecule has 2 rings (SSSR count). The van der Waals surface area contributed by atoms with Crippen molar-refractivity contribution in [2.24, 2.45) is 0 Å². The van der Waals surface area contributed by atoms with Crippen LogP contribution in [0, 0.1) is 6.92 Å². The number of carbonyl (C=O) groups is 3. The van der Waals surface area contributed by atoms with E-state index in [4.69, 9.17) is 9.47 Å². The number of nitrogens with zero attached hydrogens (tertiary/aromatic N) is 1. The minimum atomic E-state index is -0.718. The average Bonchev–Trinajstić information content (AvgIpc) is 2.60. The Labute approximate surface area is 138 Å². The van der Waals surface area contributed by atoms with Crippen LogP contribution in [0.25, 0.3) is 0 Å². The van der Waals surface area contributed by atoms with Crippen molar-refractivity contribution in [1.82, 2.24) is 10.3 Å². The van der Waals surface area contributed by atoms with Gasteiger partial charge in [0.25, 0.3) is 11.8 Å². The Morgan fingerprint density at radius 2 is 1.71 bits per heavy atom. The molecule has 7 heteroatoms. The molecule has 0 aliphatic heterocycles. The number of amides is 2. The summed E-state index contributed by atoms with van der Waals surface area (Å²) in [5.74, 6) is -1.40. The zero-order valence-corrected chi connectivity index (χ0v) is 13.2. The number of methoxy groups -OCH3 is 1. The lowest BCUT2D eigenvalue weighted by Crippen LogP contribution is -2.34. The molecule has 0 spiro atoms. The van der Waals surface area contributed by atoms with Crippen LogP contribution in [-0.2, 0) is 9.53 Å². The quantitative estimate of drug-likeness (QED) is 0.836. The largest absolute Gasteiger partial charge is 0.497 e. The highest BCUT2D eigenvalue weighted by molar-refractivity contribution is 6.05. The van der Waals surface area contributed by atoms with E-state index in [2.05, 4.69) is 10.3 Å². The molecule has 24 heavy (non-hydrogen) atoms. The van der Waals surface area contributed by atoms with E-state index in [1.54, 1.807) is 31.2 Å². The third-order valence-electron chi connectivity index (χ3n) is 3.09. The second-order valence-electron chi connectivity index (χ2n) is 4.87. The number of nitrogens with one attached hydrogen (secondary N) is 1. The molecule has 1 N–H and O–H groups in total. The van der Waals surface area contributed by atoms with Gasteiger partial charge in [0.15, 0.2) is 6.61 Å². The smallest absolute Gasteiger partial charge is 0.340 e.